The number of hydrogen-bond donors (Lipinski definition) is 1. The van der Waals surface area contributed by atoms with Gasteiger partial charge in [-0.15, -0.1) is 0 Å². The summed E-state index contributed by atoms with van der Waals surface area (Å²) in [6.45, 7) is 3.19. The highest BCUT2D eigenvalue weighted by Crippen LogP contribution is 2.28. The zero-order chi connectivity index (χ0) is 16.2. The Labute approximate surface area is 142 Å². The van der Waals surface area contributed by atoms with Gasteiger partial charge in [0, 0.05) is 41.6 Å². The van der Waals surface area contributed by atoms with E-state index in [1.165, 1.54) is 11.3 Å². The molecule has 23 heavy (non-hydrogen) atoms. The molecule has 1 fully saturated rings. The van der Waals surface area contributed by atoms with E-state index in [4.69, 9.17) is 0 Å². The molecule has 0 aliphatic carbocycles. The van der Waals surface area contributed by atoms with Gasteiger partial charge >= 0.3 is 6.03 Å². The van der Waals surface area contributed by atoms with Crippen molar-refractivity contribution in [1.29, 1.82) is 0 Å². The fourth-order valence-corrected chi connectivity index (χ4v) is 4.70. The summed E-state index contributed by atoms with van der Waals surface area (Å²) in [7, 11) is -0.827. The lowest BCUT2D eigenvalue weighted by Crippen LogP contribution is -2.38. The number of carbonyl (C=O) groups is 1. The number of anilines is 1. The molecule has 0 radical (unpaired) electrons. The van der Waals surface area contributed by atoms with Gasteiger partial charge in [-0.1, -0.05) is 48.6 Å². The van der Waals surface area contributed by atoms with Crippen LogP contribution in [0, 0.1) is 5.92 Å². The van der Waals surface area contributed by atoms with Crippen molar-refractivity contribution < 1.29 is 9.00 Å². The molecule has 1 aliphatic heterocycles. The van der Waals surface area contributed by atoms with Crippen LogP contribution in [0.4, 0.5) is 9.93 Å². The monoisotopic (exact) mass is 349 g/mol. The number of carbonyl (C=O) groups excluding carboxylic acids is 1. The van der Waals surface area contributed by atoms with E-state index in [0.29, 0.717) is 29.7 Å². The second kappa shape index (κ2) is 7.23. The number of thiazole rings is 1. The minimum atomic E-state index is -0.827. The summed E-state index contributed by atoms with van der Waals surface area (Å²) in [4.78, 5) is 19.4. The van der Waals surface area contributed by atoms with Crippen LogP contribution >= 0.6 is 11.3 Å². The van der Waals surface area contributed by atoms with Crippen LogP contribution in [0.1, 0.15) is 6.92 Å². The third-order valence-electron chi connectivity index (χ3n) is 3.66. The molecule has 1 N–H and O–H groups in total. The molecule has 7 heteroatoms. The van der Waals surface area contributed by atoms with Crippen LogP contribution in [0.2, 0.25) is 0 Å². The largest absolute Gasteiger partial charge is 0.323 e. The molecule has 1 saturated heterocycles. The minimum absolute atomic E-state index is 0.162. The average Bonchev–Trinajstić information content (AvgIpc) is 2.93. The number of nitrogens with zero attached hydrogens (tertiary/aromatic N) is 2. The highest BCUT2D eigenvalue weighted by molar-refractivity contribution is 7.85. The molecule has 0 bridgehead atoms. The fourth-order valence-electron chi connectivity index (χ4n) is 2.56. The summed E-state index contributed by atoms with van der Waals surface area (Å²) in [5.74, 6) is 1.46. The van der Waals surface area contributed by atoms with Crippen molar-refractivity contribution >= 4 is 33.3 Å². The molecule has 3 rings (SSSR count). The SMILES string of the molecule is C[C@H]1CN(C(=O)Nc2ncc(-c3ccccc3)s2)CC[S@](=O)C1. The lowest BCUT2D eigenvalue weighted by Gasteiger charge is -2.21. The number of hydrogen-bond acceptors (Lipinski definition) is 4. The molecule has 0 unspecified atom stereocenters. The molecule has 2 heterocycles. The van der Waals surface area contributed by atoms with Crippen LogP contribution in [0.3, 0.4) is 0 Å². The standard InChI is InChI=1S/C16H19N3O2S2/c1-12-10-19(7-8-23(21)11-12)16(20)18-15-17-9-14(22-15)13-5-3-2-4-6-13/h2-6,9,12H,7-8,10-11H2,1H3,(H,17,18,20)/t12-,23-/m0/s1. The number of rotatable bonds is 2. The Bertz CT molecular complexity index is 702. The van der Waals surface area contributed by atoms with Gasteiger partial charge in [-0.05, 0) is 11.5 Å². The number of benzene rings is 1. The fraction of sp³-hybridized carbons (Fsp3) is 0.375. The van der Waals surface area contributed by atoms with E-state index in [2.05, 4.69) is 10.3 Å². The summed E-state index contributed by atoms with van der Waals surface area (Å²) in [5.41, 5.74) is 1.09. The highest BCUT2D eigenvalue weighted by Gasteiger charge is 2.23. The number of amides is 2. The van der Waals surface area contributed by atoms with Crippen molar-refractivity contribution in [3.05, 3.63) is 36.5 Å². The maximum atomic E-state index is 12.4. The van der Waals surface area contributed by atoms with Crippen molar-refractivity contribution in [3.63, 3.8) is 0 Å². The third-order valence-corrected chi connectivity index (χ3v) is 6.20. The zero-order valence-corrected chi connectivity index (χ0v) is 14.5. The van der Waals surface area contributed by atoms with Gasteiger partial charge in [-0.3, -0.25) is 9.53 Å². The number of urea groups is 1. The Morgan fingerprint density at radius 3 is 2.96 bits per heavy atom. The molecule has 1 aromatic carbocycles. The van der Waals surface area contributed by atoms with Crippen LogP contribution in [-0.4, -0.2) is 44.7 Å². The van der Waals surface area contributed by atoms with E-state index in [0.717, 1.165) is 10.4 Å². The van der Waals surface area contributed by atoms with E-state index >= 15 is 0 Å². The summed E-state index contributed by atoms with van der Waals surface area (Å²) in [5, 5.41) is 3.45. The van der Waals surface area contributed by atoms with E-state index in [1.807, 2.05) is 37.3 Å². The summed E-state index contributed by atoms with van der Waals surface area (Å²) in [6.07, 6.45) is 1.77. The first kappa shape index (κ1) is 16.1. The topological polar surface area (TPSA) is 62.3 Å². The number of aromatic nitrogens is 1. The minimum Gasteiger partial charge on any atom is -0.323 e. The molecular formula is C16H19N3O2S2. The van der Waals surface area contributed by atoms with E-state index in [-0.39, 0.29) is 11.9 Å². The molecule has 2 aromatic rings. The molecule has 122 valence electrons. The van der Waals surface area contributed by atoms with Gasteiger partial charge in [-0.2, -0.15) is 0 Å². The predicted octanol–water partition coefficient (Wildman–Crippen LogP) is 3.04. The van der Waals surface area contributed by atoms with Gasteiger partial charge in [0.2, 0.25) is 0 Å². The van der Waals surface area contributed by atoms with Gasteiger partial charge in [0.25, 0.3) is 0 Å². The smallest absolute Gasteiger partial charge is 0.323 e. The van der Waals surface area contributed by atoms with Gasteiger partial charge in [0.15, 0.2) is 5.13 Å². The quantitative estimate of drug-likeness (QED) is 0.906. The van der Waals surface area contributed by atoms with Crippen molar-refractivity contribution in [3.8, 4) is 10.4 Å². The molecule has 2 atom stereocenters. The van der Waals surface area contributed by atoms with Crippen LogP contribution in [0.25, 0.3) is 10.4 Å². The van der Waals surface area contributed by atoms with Crippen molar-refractivity contribution in [1.82, 2.24) is 9.88 Å². The third kappa shape index (κ3) is 4.17. The van der Waals surface area contributed by atoms with Crippen molar-refractivity contribution in [2.45, 2.75) is 6.92 Å². The second-order valence-corrected chi connectivity index (χ2v) is 8.34. The van der Waals surface area contributed by atoms with Gasteiger partial charge in [0.05, 0.1) is 4.88 Å². The van der Waals surface area contributed by atoms with E-state index in [1.54, 1.807) is 11.1 Å². The Morgan fingerprint density at radius 2 is 2.17 bits per heavy atom. The van der Waals surface area contributed by atoms with Gasteiger partial charge in [-0.25, -0.2) is 9.78 Å². The maximum absolute atomic E-state index is 12.4. The predicted molar refractivity (Wildman–Crippen MR) is 95.2 cm³/mol. The second-order valence-electron chi connectivity index (χ2n) is 5.69. The zero-order valence-electron chi connectivity index (χ0n) is 12.9. The van der Waals surface area contributed by atoms with Crippen LogP contribution < -0.4 is 5.32 Å². The lowest BCUT2D eigenvalue weighted by atomic mass is 10.2. The highest BCUT2D eigenvalue weighted by atomic mass is 32.2. The summed E-state index contributed by atoms with van der Waals surface area (Å²) >= 11 is 1.46. The Morgan fingerprint density at radius 1 is 1.39 bits per heavy atom. The Kier molecular flexibility index (Phi) is 5.07. The van der Waals surface area contributed by atoms with Crippen molar-refractivity contribution in [2.24, 2.45) is 5.92 Å². The van der Waals surface area contributed by atoms with E-state index in [9.17, 15) is 9.00 Å². The van der Waals surface area contributed by atoms with Crippen LogP contribution in [0.15, 0.2) is 36.5 Å². The normalized spacial score (nSPS) is 21.7. The molecular weight excluding hydrogens is 330 g/mol. The summed E-state index contributed by atoms with van der Waals surface area (Å²) in [6, 6.07) is 9.80. The average molecular weight is 349 g/mol. The van der Waals surface area contributed by atoms with Crippen molar-refractivity contribution in [2.75, 3.05) is 29.9 Å². The molecule has 0 spiro atoms. The maximum Gasteiger partial charge on any atom is 0.323 e. The molecule has 2 amide bonds. The van der Waals surface area contributed by atoms with E-state index < -0.39 is 10.8 Å². The molecule has 5 nitrogen and oxygen atoms in total. The first-order valence-electron chi connectivity index (χ1n) is 7.54. The lowest BCUT2D eigenvalue weighted by molar-refractivity contribution is 0.210. The molecule has 0 saturated carbocycles. The molecule has 1 aromatic heterocycles. The van der Waals surface area contributed by atoms with Gasteiger partial charge in [0.1, 0.15) is 0 Å². The summed E-state index contributed by atoms with van der Waals surface area (Å²) < 4.78 is 11.7. The van der Waals surface area contributed by atoms with Crippen LogP contribution in [-0.2, 0) is 10.8 Å². The first-order chi connectivity index (χ1) is 11.1. The Hall–Kier alpha value is -1.73. The number of nitrogens with one attached hydrogen (secondary N) is 1. The van der Waals surface area contributed by atoms with Gasteiger partial charge < -0.3 is 4.90 Å². The first-order valence-corrected chi connectivity index (χ1v) is 9.84. The Balaban J connectivity index is 1.66. The van der Waals surface area contributed by atoms with Crippen LogP contribution in [0.5, 0.6) is 0 Å². The molecule has 1 aliphatic rings.